The van der Waals surface area contributed by atoms with E-state index < -0.39 is 0 Å². The van der Waals surface area contributed by atoms with E-state index in [4.69, 9.17) is 21.4 Å². The second-order valence-corrected chi connectivity index (χ2v) is 4.27. The van der Waals surface area contributed by atoms with Crippen molar-refractivity contribution in [1.82, 2.24) is 0 Å². The molecule has 1 fully saturated rings. The smallest absolute Gasteiger partial charge is 0.165 e. The molecule has 0 aliphatic heterocycles. The van der Waals surface area contributed by atoms with Gasteiger partial charge in [0.05, 0.1) is 17.7 Å². The molecular weight excluding hydrogens is 228 g/mol. The van der Waals surface area contributed by atoms with Crippen LogP contribution in [0.3, 0.4) is 0 Å². The summed E-state index contributed by atoms with van der Waals surface area (Å²) in [6, 6.07) is 4.99. The van der Waals surface area contributed by atoms with Crippen LogP contribution in [0.25, 0.3) is 0 Å². The molecule has 0 atom stereocenters. The summed E-state index contributed by atoms with van der Waals surface area (Å²) < 4.78 is 5.56. The molecule has 2 rings (SSSR count). The lowest BCUT2D eigenvalue weighted by atomic mass is 10.1. The maximum Gasteiger partial charge on any atom is 0.165 e. The van der Waals surface area contributed by atoms with Gasteiger partial charge >= 0.3 is 0 Å². The number of aliphatic hydroxyl groups is 1. The molecule has 4 heteroatoms. The number of ketones is 1. The molecule has 1 saturated carbocycles. The number of benzene rings is 1. The molecule has 1 aromatic rings. The van der Waals surface area contributed by atoms with E-state index >= 15 is 0 Å². The van der Waals surface area contributed by atoms with Gasteiger partial charge in [-0.25, -0.2) is 0 Å². The zero-order valence-corrected chi connectivity index (χ0v) is 9.54. The molecule has 1 N–H and O–H groups in total. The number of Topliss-reactive ketones (excluding diaryl/α,β-unsaturated/α-hetero) is 1. The summed E-state index contributed by atoms with van der Waals surface area (Å²) in [7, 11) is 0. The maximum atomic E-state index is 11.5. The van der Waals surface area contributed by atoms with Gasteiger partial charge in [0.15, 0.2) is 5.78 Å². The third kappa shape index (κ3) is 2.74. The first-order valence-electron chi connectivity index (χ1n) is 5.31. The molecule has 1 aliphatic carbocycles. The van der Waals surface area contributed by atoms with Gasteiger partial charge < -0.3 is 9.84 Å². The second-order valence-electron chi connectivity index (χ2n) is 3.86. The van der Waals surface area contributed by atoms with E-state index in [-0.39, 0.29) is 24.9 Å². The van der Waals surface area contributed by atoms with E-state index in [2.05, 4.69) is 0 Å². The highest BCUT2D eigenvalue weighted by molar-refractivity contribution is 6.32. The van der Waals surface area contributed by atoms with Crippen molar-refractivity contribution in [2.75, 3.05) is 6.61 Å². The summed E-state index contributed by atoms with van der Waals surface area (Å²) in [5.74, 6) is 0.520. The number of carbonyl (C=O) groups is 1. The number of halogens is 1. The number of hydrogen-bond acceptors (Lipinski definition) is 3. The van der Waals surface area contributed by atoms with Gasteiger partial charge in [0.25, 0.3) is 0 Å². The van der Waals surface area contributed by atoms with E-state index in [1.54, 1.807) is 18.2 Å². The molecule has 16 heavy (non-hydrogen) atoms. The van der Waals surface area contributed by atoms with Crippen molar-refractivity contribution < 1.29 is 14.6 Å². The van der Waals surface area contributed by atoms with Crippen molar-refractivity contribution >= 4 is 17.4 Å². The van der Waals surface area contributed by atoms with E-state index in [0.717, 1.165) is 12.8 Å². The molecule has 0 radical (unpaired) electrons. The molecule has 0 amide bonds. The van der Waals surface area contributed by atoms with E-state index in [1.165, 1.54) is 0 Å². The van der Waals surface area contributed by atoms with Crippen LogP contribution in [0.5, 0.6) is 5.75 Å². The average molecular weight is 241 g/mol. The molecule has 1 aromatic carbocycles. The van der Waals surface area contributed by atoms with E-state index in [0.29, 0.717) is 16.3 Å². The monoisotopic (exact) mass is 240 g/mol. The van der Waals surface area contributed by atoms with Crippen molar-refractivity contribution in [2.45, 2.75) is 25.4 Å². The first-order valence-corrected chi connectivity index (χ1v) is 5.69. The first kappa shape index (κ1) is 11.4. The third-order valence-electron chi connectivity index (χ3n) is 2.41. The van der Waals surface area contributed by atoms with Gasteiger partial charge in [0, 0.05) is 12.0 Å². The van der Waals surface area contributed by atoms with Gasteiger partial charge in [-0.15, -0.1) is 0 Å². The highest BCUT2D eigenvalue weighted by Crippen LogP contribution is 2.32. The standard InChI is InChI=1S/C12H13ClO3/c13-10-7-8(11(15)5-6-14)1-4-12(10)16-9-2-3-9/h1,4,7,9,14H,2-3,5-6H2. The fraction of sp³-hybridized carbons (Fsp3) is 0.417. The van der Waals surface area contributed by atoms with Crippen LogP contribution in [-0.2, 0) is 0 Å². The molecule has 86 valence electrons. The van der Waals surface area contributed by atoms with Gasteiger partial charge in [0.1, 0.15) is 5.75 Å². The predicted molar refractivity (Wildman–Crippen MR) is 61.1 cm³/mol. The van der Waals surface area contributed by atoms with Crippen LogP contribution in [-0.4, -0.2) is 23.6 Å². The normalized spacial score (nSPS) is 14.9. The Morgan fingerprint density at radius 3 is 2.81 bits per heavy atom. The topological polar surface area (TPSA) is 46.5 Å². The average Bonchev–Trinajstić information content (AvgIpc) is 3.05. The fourth-order valence-electron chi connectivity index (χ4n) is 1.38. The van der Waals surface area contributed by atoms with Gasteiger partial charge in [-0.05, 0) is 31.0 Å². The molecule has 3 nitrogen and oxygen atoms in total. The van der Waals surface area contributed by atoms with Crippen molar-refractivity contribution in [3.8, 4) is 5.75 Å². The molecule has 0 saturated heterocycles. The van der Waals surface area contributed by atoms with Gasteiger partial charge in [0.2, 0.25) is 0 Å². The largest absolute Gasteiger partial charge is 0.489 e. The Kier molecular flexibility index (Phi) is 3.46. The van der Waals surface area contributed by atoms with Crippen LogP contribution in [0.1, 0.15) is 29.6 Å². The number of hydrogen-bond donors (Lipinski definition) is 1. The van der Waals surface area contributed by atoms with Crippen LogP contribution in [0.2, 0.25) is 5.02 Å². The Balaban J connectivity index is 2.11. The SMILES string of the molecule is O=C(CCO)c1ccc(OC2CC2)c(Cl)c1. The number of carbonyl (C=O) groups excluding carboxylic acids is 1. The Morgan fingerprint density at radius 1 is 1.50 bits per heavy atom. The van der Waals surface area contributed by atoms with Crippen LogP contribution >= 0.6 is 11.6 Å². The van der Waals surface area contributed by atoms with E-state index in [9.17, 15) is 4.79 Å². The molecule has 1 aliphatic rings. The quantitative estimate of drug-likeness (QED) is 0.805. The van der Waals surface area contributed by atoms with Gasteiger partial charge in [-0.3, -0.25) is 4.79 Å². The minimum absolute atomic E-state index is 0.109. The molecule has 0 spiro atoms. The second kappa shape index (κ2) is 4.85. The Morgan fingerprint density at radius 2 is 2.25 bits per heavy atom. The summed E-state index contributed by atoms with van der Waals surface area (Å²) >= 11 is 6.01. The zero-order chi connectivity index (χ0) is 11.5. The number of aliphatic hydroxyl groups excluding tert-OH is 1. The Bertz CT molecular complexity index is 399. The summed E-state index contributed by atoms with van der Waals surface area (Å²) in [5.41, 5.74) is 0.516. The van der Waals surface area contributed by atoms with Crippen LogP contribution < -0.4 is 4.74 Å². The highest BCUT2D eigenvalue weighted by atomic mass is 35.5. The summed E-state index contributed by atoms with van der Waals surface area (Å²) in [4.78, 5) is 11.5. The number of rotatable bonds is 5. The molecule has 0 bridgehead atoms. The fourth-order valence-corrected chi connectivity index (χ4v) is 1.61. The minimum atomic E-state index is -0.142. The van der Waals surface area contributed by atoms with Crippen LogP contribution in [0.4, 0.5) is 0 Å². The predicted octanol–water partition coefficient (Wildman–Crippen LogP) is 2.45. The lowest BCUT2D eigenvalue weighted by Crippen LogP contribution is -2.03. The van der Waals surface area contributed by atoms with Crippen molar-refractivity contribution in [1.29, 1.82) is 0 Å². The lowest BCUT2D eigenvalue weighted by Gasteiger charge is -2.07. The molecule has 0 aromatic heterocycles. The molecule has 0 unspecified atom stereocenters. The Hall–Kier alpha value is -1.06. The molecule has 0 heterocycles. The van der Waals surface area contributed by atoms with Crippen molar-refractivity contribution in [3.05, 3.63) is 28.8 Å². The lowest BCUT2D eigenvalue weighted by molar-refractivity contribution is 0.0956. The van der Waals surface area contributed by atoms with Crippen molar-refractivity contribution in [2.24, 2.45) is 0 Å². The summed E-state index contributed by atoms with van der Waals surface area (Å²) in [5, 5.41) is 9.12. The minimum Gasteiger partial charge on any atom is -0.489 e. The van der Waals surface area contributed by atoms with Crippen LogP contribution in [0, 0.1) is 0 Å². The zero-order valence-electron chi connectivity index (χ0n) is 8.78. The van der Waals surface area contributed by atoms with E-state index in [1.807, 2.05) is 0 Å². The van der Waals surface area contributed by atoms with Gasteiger partial charge in [-0.2, -0.15) is 0 Å². The first-order chi connectivity index (χ1) is 7.70. The summed E-state index contributed by atoms with van der Waals surface area (Å²) in [6.07, 6.45) is 2.55. The summed E-state index contributed by atoms with van der Waals surface area (Å²) in [6.45, 7) is -0.142. The van der Waals surface area contributed by atoms with Crippen molar-refractivity contribution in [3.63, 3.8) is 0 Å². The number of ether oxygens (including phenoxy) is 1. The molecular formula is C12H13ClO3. The van der Waals surface area contributed by atoms with Gasteiger partial charge in [-0.1, -0.05) is 11.6 Å². The Labute approximate surface area is 99.0 Å². The third-order valence-corrected chi connectivity index (χ3v) is 2.71. The maximum absolute atomic E-state index is 11.5. The highest BCUT2D eigenvalue weighted by Gasteiger charge is 2.24. The van der Waals surface area contributed by atoms with Crippen LogP contribution in [0.15, 0.2) is 18.2 Å².